The minimum atomic E-state index is -5.35. The highest BCUT2D eigenvalue weighted by Gasteiger charge is 2.46. The molecule has 0 amide bonds. The summed E-state index contributed by atoms with van der Waals surface area (Å²) in [5, 5.41) is 0. The maximum atomic E-state index is 12.3. The maximum absolute atomic E-state index is 12.3. The zero-order valence-corrected chi connectivity index (χ0v) is 9.60. The van der Waals surface area contributed by atoms with Gasteiger partial charge in [0.05, 0.1) is 4.90 Å². The normalized spacial score (nSPS) is 12.5. The Hall–Kier alpha value is -1.37. The van der Waals surface area contributed by atoms with Crippen molar-refractivity contribution >= 4 is 15.6 Å². The average molecular weight is 266 g/mol. The Kier molecular flexibility index (Phi) is 3.61. The lowest BCUT2D eigenvalue weighted by Crippen LogP contribution is -2.23. The zero-order chi connectivity index (χ0) is 13.3. The van der Waals surface area contributed by atoms with E-state index in [1.54, 1.807) is 0 Å². The van der Waals surface area contributed by atoms with E-state index in [1.165, 1.54) is 19.1 Å². The molecule has 17 heavy (non-hydrogen) atoms. The molecule has 0 fully saturated rings. The molecule has 0 heterocycles. The van der Waals surface area contributed by atoms with Crippen LogP contribution in [0.4, 0.5) is 13.2 Å². The fourth-order valence-corrected chi connectivity index (χ4v) is 2.08. The van der Waals surface area contributed by atoms with Crippen molar-refractivity contribution in [2.24, 2.45) is 0 Å². The number of rotatable bonds is 3. The van der Waals surface area contributed by atoms with Crippen molar-refractivity contribution in [2.45, 2.75) is 23.7 Å². The molecular formula is C10H9F3O3S. The van der Waals surface area contributed by atoms with Crippen LogP contribution in [0.15, 0.2) is 29.2 Å². The van der Waals surface area contributed by atoms with Crippen LogP contribution in [0.2, 0.25) is 0 Å². The summed E-state index contributed by atoms with van der Waals surface area (Å²) in [6, 6.07) is 4.30. The first-order chi connectivity index (χ1) is 7.64. The third-order valence-corrected chi connectivity index (χ3v) is 3.45. The van der Waals surface area contributed by atoms with Gasteiger partial charge in [-0.25, -0.2) is 8.42 Å². The predicted octanol–water partition coefficient (Wildman–Crippen LogP) is 2.11. The number of Topliss-reactive ketones (excluding diaryl/α,β-unsaturated/α-hetero) is 1. The van der Waals surface area contributed by atoms with E-state index in [0.29, 0.717) is 0 Å². The molecule has 0 atom stereocenters. The van der Waals surface area contributed by atoms with Gasteiger partial charge in [0, 0.05) is 6.42 Å². The van der Waals surface area contributed by atoms with Gasteiger partial charge in [0.1, 0.15) is 5.78 Å². The molecule has 0 aliphatic rings. The molecule has 0 saturated carbocycles. The molecule has 94 valence electrons. The van der Waals surface area contributed by atoms with Gasteiger partial charge >= 0.3 is 5.51 Å². The van der Waals surface area contributed by atoms with Gasteiger partial charge in [-0.15, -0.1) is 0 Å². The van der Waals surface area contributed by atoms with Crippen LogP contribution in [0.1, 0.15) is 12.5 Å². The van der Waals surface area contributed by atoms with Crippen LogP contribution < -0.4 is 0 Å². The van der Waals surface area contributed by atoms with Crippen LogP contribution in [0.25, 0.3) is 0 Å². The lowest BCUT2D eigenvalue weighted by atomic mass is 10.1. The molecular weight excluding hydrogens is 257 g/mol. The number of alkyl halides is 3. The molecule has 3 nitrogen and oxygen atoms in total. The number of carbonyl (C=O) groups is 1. The van der Waals surface area contributed by atoms with Gasteiger partial charge in [0.15, 0.2) is 0 Å². The SMILES string of the molecule is CC(=O)Cc1cccc(S(=O)(=O)C(F)(F)F)c1. The van der Waals surface area contributed by atoms with Crippen molar-refractivity contribution < 1.29 is 26.4 Å². The van der Waals surface area contributed by atoms with Gasteiger partial charge in [-0.1, -0.05) is 12.1 Å². The maximum Gasteiger partial charge on any atom is 0.501 e. The average Bonchev–Trinajstić information content (AvgIpc) is 2.15. The summed E-state index contributed by atoms with van der Waals surface area (Å²) in [5.41, 5.74) is -5.09. The second-order valence-electron chi connectivity index (χ2n) is 3.48. The minimum Gasteiger partial charge on any atom is -0.300 e. The molecule has 0 saturated heterocycles. The Labute approximate surface area is 96.2 Å². The van der Waals surface area contributed by atoms with Crippen molar-refractivity contribution in [1.29, 1.82) is 0 Å². The van der Waals surface area contributed by atoms with Crippen molar-refractivity contribution in [3.05, 3.63) is 29.8 Å². The Balaban J connectivity index is 3.21. The number of sulfone groups is 1. The van der Waals surface area contributed by atoms with Gasteiger partial charge in [0.2, 0.25) is 0 Å². The quantitative estimate of drug-likeness (QED) is 0.842. The Morgan fingerprint density at radius 3 is 2.35 bits per heavy atom. The Morgan fingerprint density at radius 1 is 1.29 bits per heavy atom. The topological polar surface area (TPSA) is 51.2 Å². The number of hydrogen-bond donors (Lipinski definition) is 0. The zero-order valence-electron chi connectivity index (χ0n) is 8.78. The van der Waals surface area contributed by atoms with Crippen LogP contribution >= 0.6 is 0 Å². The van der Waals surface area contributed by atoms with Gasteiger partial charge < -0.3 is 0 Å². The van der Waals surface area contributed by atoms with E-state index >= 15 is 0 Å². The summed E-state index contributed by atoms with van der Waals surface area (Å²) in [6.45, 7) is 1.27. The highest BCUT2D eigenvalue weighted by atomic mass is 32.2. The number of halogens is 3. The third kappa shape index (κ3) is 3.06. The third-order valence-electron chi connectivity index (χ3n) is 1.97. The first-order valence-corrected chi connectivity index (χ1v) is 6.02. The molecule has 0 aliphatic heterocycles. The second-order valence-corrected chi connectivity index (χ2v) is 5.42. The summed E-state index contributed by atoms with van der Waals surface area (Å²) in [5.74, 6) is -0.258. The molecule has 1 aromatic carbocycles. The van der Waals surface area contributed by atoms with Gasteiger partial charge in [-0.3, -0.25) is 4.79 Å². The van der Waals surface area contributed by atoms with E-state index in [9.17, 15) is 26.4 Å². The highest BCUT2D eigenvalue weighted by molar-refractivity contribution is 7.92. The lowest BCUT2D eigenvalue weighted by molar-refractivity contribution is -0.116. The number of ketones is 1. The van der Waals surface area contributed by atoms with Gasteiger partial charge in [-0.05, 0) is 24.6 Å². The van der Waals surface area contributed by atoms with Crippen LogP contribution in [-0.4, -0.2) is 19.7 Å². The number of benzene rings is 1. The van der Waals surface area contributed by atoms with E-state index in [2.05, 4.69) is 0 Å². The van der Waals surface area contributed by atoms with Crippen molar-refractivity contribution in [2.75, 3.05) is 0 Å². The molecule has 0 N–H and O–H groups in total. The molecule has 1 rings (SSSR count). The van der Waals surface area contributed by atoms with Crippen LogP contribution in [0, 0.1) is 0 Å². The van der Waals surface area contributed by atoms with Crippen molar-refractivity contribution in [1.82, 2.24) is 0 Å². The monoisotopic (exact) mass is 266 g/mol. The Morgan fingerprint density at radius 2 is 1.88 bits per heavy atom. The molecule has 0 spiro atoms. The minimum absolute atomic E-state index is 0.0960. The summed E-state index contributed by atoms with van der Waals surface area (Å²) < 4.78 is 58.9. The Bertz CT molecular complexity index is 532. The molecule has 0 aliphatic carbocycles. The fourth-order valence-electron chi connectivity index (χ4n) is 1.24. The second kappa shape index (κ2) is 4.48. The van der Waals surface area contributed by atoms with Gasteiger partial charge in [-0.2, -0.15) is 13.2 Å². The molecule has 7 heteroatoms. The van der Waals surface area contributed by atoms with Gasteiger partial charge in [0.25, 0.3) is 9.84 Å². The van der Waals surface area contributed by atoms with E-state index in [4.69, 9.17) is 0 Å². The largest absolute Gasteiger partial charge is 0.501 e. The highest BCUT2D eigenvalue weighted by Crippen LogP contribution is 2.30. The summed E-state index contributed by atoms with van der Waals surface area (Å²) in [7, 11) is -5.35. The number of hydrogen-bond acceptors (Lipinski definition) is 3. The standard InChI is InChI=1S/C10H9F3O3S/c1-7(14)5-8-3-2-4-9(6-8)17(15,16)10(11,12)13/h2-4,6H,5H2,1H3. The summed E-state index contributed by atoms with van der Waals surface area (Å²) in [4.78, 5) is 9.96. The lowest BCUT2D eigenvalue weighted by Gasteiger charge is -2.08. The smallest absolute Gasteiger partial charge is 0.300 e. The van der Waals surface area contributed by atoms with E-state index in [-0.39, 0.29) is 17.8 Å². The molecule has 0 bridgehead atoms. The number of carbonyl (C=O) groups excluding carboxylic acids is 1. The first kappa shape index (κ1) is 13.7. The molecule has 1 aromatic rings. The summed E-state index contributed by atoms with van der Waals surface area (Å²) >= 11 is 0. The van der Waals surface area contributed by atoms with Crippen molar-refractivity contribution in [3.8, 4) is 0 Å². The van der Waals surface area contributed by atoms with Crippen molar-refractivity contribution in [3.63, 3.8) is 0 Å². The molecule has 0 aromatic heterocycles. The molecule has 0 radical (unpaired) electrons. The van der Waals surface area contributed by atoms with Crippen LogP contribution in [0.5, 0.6) is 0 Å². The van der Waals surface area contributed by atoms with E-state index < -0.39 is 20.2 Å². The molecule has 0 unspecified atom stereocenters. The predicted molar refractivity (Wildman–Crippen MR) is 54.1 cm³/mol. The van der Waals surface area contributed by atoms with E-state index in [1.807, 2.05) is 0 Å². The van der Waals surface area contributed by atoms with E-state index in [0.717, 1.165) is 12.1 Å². The fraction of sp³-hybridized carbons (Fsp3) is 0.300. The first-order valence-electron chi connectivity index (χ1n) is 4.54. The van der Waals surface area contributed by atoms with Crippen LogP contribution in [0.3, 0.4) is 0 Å². The summed E-state index contributed by atoms with van der Waals surface area (Å²) in [6.07, 6.45) is -0.0960. The van der Waals surface area contributed by atoms with Crippen LogP contribution in [-0.2, 0) is 21.1 Å².